The molecule has 6 nitrogen and oxygen atoms in total. The zero-order valence-corrected chi connectivity index (χ0v) is 10.1. The average Bonchev–Trinajstić information content (AvgIpc) is 2.88. The number of aromatic nitrogens is 5. The number of halogens is 1. The van der Waals surface area contributed by atoms with Crippen LogP contribution in [-0.4, -0.2) is 24.5 Å². The molecule has 8 heteroatoms. The summed E-state index contributed by atoms with van der Waals surface area (Å²) in [5.41, 5.74) is 7.03. The molecule has 0 atom stereocenters. The molecular weight excluding hydrogens is 260 g/mol. The van der Waals surface area contributed by atoms with Gasteiger partial charge < -0.3 is 10.3 Å². The Morgan fingerprint density at radius 2 is 2.18 bits per heavy atom. The molecule has 17 heavy (non-hydrogen) atoms. The summed E-state index contributed by atoms with van der Waals surface area (Å²) in [6.07, 6.45) is 4.85. The first kappa shape index (κ1) is 10.4. The van der Waals surface area contributed by atoms with Crippen molar-refractivity contribution in [1.82, 2.24) is 24.5 Å². The van der Waals surface area contributed by atoms with Gasteiger partial charge in [0.15, 0.2) is 15.9 Å². The Labute approximate surface area is 105 Å². The second-order valence-corrected chi connectivity index (χ2v) is 5.08. The zero-order chi connectivity index (χ0) is 11.8. The van der Waals surface area contributed by atoms with E-state index in [9.17, 15) is 0 Å². The number of rotatable bonds is 2. The maximum atomic E-state index is 5.78. The Balaban J connectivity index is 2.04. The fraction of sp³-hybridized carbons (Fsp3) is 0.111. The van der Waals surface area contributed by atoms with E-state index in [1.165, 1.54) is 17.7 Å². The van der Waals surface area contributed by atoms with Crippen LogP contribution in [0.5, 0.6) is 0 Å². The molecule has 3 aromatic rings. The molecule has 0 unspecified atom stereocenters. The van der Waals surface area contributed by atoms with Gasteiger partial charge >= 0.3 is 0 Å². The summed E-state index contributed by atoms with van der Waals surface area (Å²) < 4.78 is 2.41. The van der Waals surface area contributed by atoms with Crippen LogP contribution in [0.4, 0.5) is 5.82 Å². The van der Waals surface area contributed by atoms with Gasteiger partial charge in [-0.1, -0.05) is 11.6 Å². The molecule has 0 saturated heterocycles. The number of anilines is 1. The number of nitrogens with zero attached hydrogens (tertiary/aromatic N) is 5. The minimum absolute atomic E-state index is 0.385. The molecule has 0 spiro atoms. The van der Waals surface area contributed by atoms with Gasteiger partial charge in [0.05, 0.1) is 12.9 Å². The Bertz CT molecular complexity index is 675. The lowest BCUT2D eigenvalue weighted by Crippen LogP contribution is -1.99. The van der Waals surface area contributed by atoms with Crippen molar-refractivity contribution in [2.45, 2.75) is 6.54 Å². The van der Waals surface area contributed by atoms with Crippen LogP contribution < -0.4 is 5.73 Å². The predicted octanol–water partition coefficient (Wildman–Crippen LogP) is 1.57. The van der Waals surface area contributed by atoms with E-state index in [4.69, 9.17) is 17.3 Å². The largest absolute Gasteiger partial charge is 0.382 e. The number of nitrogens with two attached hydrogens (primary N) is 1. The van der Waals surface area contributed by atoms with Gasteiger partial charge in [-0.15, -0.1) is 11.3 Å². The van der Waals surface area contributed by atoms with Gasteiger partial charge in [0.25, 0.3) is 0 Å². The number of hydrogen-bond acceptors (Lipinski definition) is 6. The average molecular weight is 267 g/mol. The number of thiazole rings is 1. The van der Waals surface area contributed by atoms with E-state index in [0.29, 0.717) is 28.0 Å². The van der Waals surface area contributed by atoms with Crippen LogP contribution in [0.25, 0.3) is 11.2 Å². The molecule has 3 aromatic heterocycles. The maximum Gasteiger partial charge on any atom is 0.183 e. The topological polar surface area (TPSA) is 82.5 Å². The maximum absolute atomic E-state index is 5.78. The predicted molar refractivity (Wildman–Crippen MR) is 66.0 cm³/mol. The first-order chi connectivity index (χ1) is 8.24. The molecule has 0 aliphatic carbocycles. The molecule has 86 valence electrons. The van der Waals surface area contributed by atoms with Crippen LogP contribution in [0.2, 0.25) is 4.47 Å². The van der Waals surface area contributed by atoms with Gasteiger partial charge in [-0.2, -0.15) is 0 Å². The lowest BCUT2D eigenvalue weighted by Gasteiger charge is -2.00. The summed E-state index contributed by atoms with van der Waals surface area (Å²) in [5.74, 6) is 0.385. The van der Waals surface area contributed by atoms with Gasteiger partial charge in [0.2, 0.25) is 0 Å². The third kappa shape index (κ3) is 1.83. The van der Waals surface area contributed by atoms with Crippen LogP contribution in [0.1, 0.15) is 4.88 Å². The van der Waals surface area contributed by atoms with Crippen molar-refractivity contribution in [2.24, 2.45) is 0 Å². The molecule has 2 N–H and O–H groups in total. The second-order valence-electron chi connectivity index (χ2n) is 3.38. The molecule has 3 rings (SSSR count). The third-order valence-corrected chi connectivity index (χ3v) is 3.38. The second kappa shape index (κ2) is 3.94. The first-order valence-electron chi connectivity index (χ1n) is 4.75. The molecule has 0 saturated carbocycles. The highest BCUT2D eigenvalue weighted by atomic mass is 35.5. The fourth-order valence-electron chi connectivity index (χ4n) is 1.54. The Kier molecular flexibility index (Phi) is 2.41. The lowest BCUT2D eigenvalue weighted by atomic mass is 10.5. The summed E-state index contributed by atoms with van der Waals surface area (Å²) in [4.78, 5) is 17.3. The van der Waals surface area contributed by atoms with Gasteiger partial charge in [-0.05, 0) is 0 Å². The number of fused-ring (bicyclic) bond motifs is 1. The zero-order valence-electron chi connectivity index (χ0n) is 8.54. The van der Waals surface area contributed by atoms with Gasteiger partial charge in [0.1, 0.15) is 11.8 Å². The van der Waals surface area contributed by atoms with Crippen molar-refractivity contribution >= 4 is 39.9 Å². The van der Waals surface area contributed by atoms with Crippen molar-refractivity contribution in [3.63, 3.8) is 0 Å². The van der Waals surface area contributed by atoms with E-state index in [1.54, 1.807) is 12.5 Å². The molecule has 0 bridgehead atoms. The molecule has 3 heterocycles. The quantitative estimate of drug-likeness (QED) is 0.761. The molecule has 0 fully saturated rings. The summed E-state index contributed by atoms with van der Waals surface area (Å²) in [6.45, 7) is 0.622. The number of nitrogen functional groups attached to an aromatic ring is 1. The molecule has 0 aliphatic rings. The summed E-state index contributed by atoms with van der Waals surface area (Å²) in [7, 11) is 0. The van der Waals surface area contributed by atoms with E-state index >= 15 is 0 Å². The number of imidazole rings is 1. The van der Waals surface area contributed by atoms with Gasteiger partial charge in [0, 0.05) is 11.1 Å². The molecule has 0 aromatic carbocycles. The minimum Gasteiger partial charge on any atom is -0.382 e. The first-order valence-corrected chi connectivity index (χ1v) is 5.95. The Morgan fingerprint density at radius 3 is 2.94 bits per heavy atom. The van der Waals surface area contributed by atoms with E-state index < -0.39 is 0 Å². The van der Waals surface area contributed by atoms with Crippen molar-refractivity contribution in [3.05, 3.63) is 28.2 Å². The van der Waals surface area contributed by atoms with Gasteiger partial charge in [-0.3, -0.25) is 0 Å². The van der Waals surface area contributed by atoms with Crippen LogP contribution in [0, 0.1) is 0 Å². The van der Waals surface area contributed by atoms with Crippen LogP contribution in [-0.2, 0) is 6.54 Å². The highest BCUT2D eigenvalue weighted by molar-refractivity contribution is 7.15. The van der Waals surface area contributed by atoms with Crippen molar-refractivity contribution in [3.8, 4) is 0 Å². The standard InChI is InChI=1S/C9H7ClN6S/c10-9-12-1-5(17-9)2-16-4-15-6-7(11)13-3-14-8(6)16/h1,3-4H,2H2,(H2,11,13,14). The van der Waals surface area contributed by atoms with Crippen molar-refractivity contribution in [1.29, 1.82) is 0 Å². The highest BCUT2D eigenvalue weighted by Crippen LogP contribution is 2.21. The van der Waals surface area contributed by atoms with Crippen LogP contribution in [0.3, 0.4) is 0 Å². The smallest absolute Gasteiger partial charge is 0.183 e. The van der Waals surface area contributed by atoms with Crippen LogP contribution in [0.15, 0.2) is 18.9 Å². The van der Waals surface area contributed by atoms with Crippen molar-refractivity contribution < 1.29 is 0 Å². The van der Waals surface area contributed by atoms with Gasteiger partial charge in [-0.25, -0.2) is 19.9 Å². The van der Waals surface area contributed by atoms with E-state index in [2.05, 4.69) is 19.9 Å². The van der Waals surface area contributed by atoms with Crippen molar-refractivity contribution in [2.75, 3.05) is 5.73 Å². The van der Waals surface area contributed by atoms with E-state index in [0.717, 1.165) is 4.88 Å². The summed E-state index contributed by atoms with van der Waals surface area (Å²) in [6, 6.07) is 0. The lowest BCUT2D eigenvalue weighted by molar-refractivity contribution is 0.824. The van der Waals surface area contributed by atoms with E-state index in [-0.39, 0.29) is 0 Å². The normalized spacial score (nSPS) is 11.1. The SMILES string of the molecule is Nc1ncnc2c1ncn2Cc1cnc(Cl)s1. The Hall–Kier alpha value is -1.73. The minimum atomic E-state index is 0.385. The summed E-state index contributed by atoms with van der Waals surface area (Å²) in [5, 5.41) is 0. The molecule has 0 aliphatic heterocycles. The fourth-order valence-corrected chi connectivity index (χ4v) is 2.52. The van der Waals surface area contributed by atoms with E-state index in [1.807, 2.05) is 4.57 Å². The Morgan fingerprint density at radius 1 is 1.29 bits per heavy atom. The third-order valence-electron chi connectivity index (χ3n) is 2.28. The summed E-state index contributed by atoms with van der Waals surface area (Å²) >= 11 is 7.21. The molecule has 0 amide bonds. The monoisotopic (exact) mass is 266 g/mol. The highest BCUT2D eigenvalue weighted by Gasteiger charge is 2.09. The van der Waals surface area contributed by atoms with Crippen LogP contribution >= 0.6 is 22.9 Å². The number of hydrogen-bond donors (Lipinski definition) is 1. The molecule has 0 radical (unpaired) electrons. The molecular formula is C9H7ClN6S.